The molecule has 1 aliphatic carbocycles. The molecule has 0 bridgehead atoms. The second-order valence-corrected chi connectivity index (χ2v) is 4.89. The Hall–Kier alpha value is -1.20. The minimum Gasteiger partial charge on any atom is -0.353 e. The van der Waals surface area contributed by atoms with E-state index < -0.39 is 12.6 Å². The van der Waals surface area contributed by atoms with E-state index in [-0.39, 0.29) is 6.42 Å². The molecule has 1 saturated carbocycles. The van der Waals surface area contributed by atoms with Crippen molar-refractivity contribution < 1.29 is 13.2 Å². The summed E-state index contributed by atoms with van der Waals surface area (Å²) in [5.41, 5.74) is 0.897. The van der Waals surface area contributed by atoms with Gasteiger partial charge in [-0.1, -0.05) is 0 Å². The number of aryl methyl sites for hydroxylation is 2. The van der Waals surface area contributed by atoms with Crippen LogP contribution in [0.4, 0.5) is 19.1 Å². The van der Waals surface area contributed by atoms with Gasteiger partial charge >= 0.3 is 6.18 Å². The summed E-state index contributed by atoms with van der Waals surface area (Å²) < 4.78 is 38.0. The molecule has 0 amide bonds. The number of hydrogen-bond acceptors (Lipinski definition) is 2. The van der Waals surface area contributed by atoms with E-state index in [1.165, 1.54) is 0 Å². The average Bonchev–Trinajstić information content (AvgIpc) is 2.97. The Bertz CT molecular complexity index is 394. The highest BCUT2D eigenvalue weighted by atomic mass is 19.4. The van der Waals surface area contributed by atoms with Crippen LogP contribution in [0.1, 0.15) is 37.8 Å². The quantitative estimate of drug-likeness (QED) is 0.794. The smallest absolute Gasteiger partial charge is 0.353 e. The fraction of sp³-hybridized carbons (Fsp3) is 0.750. The summed E-state index contributed by atoms with van der Waals surface area (Å²) in [6.45, 7) is 2.48. The standard InChI is InChI=1S/C12H18F3N3/c1-9-8-18(7-3-2-6-12(13,14)15)11(16-9)17-10-4-5-10/h8,10H,2-7H2,1H3,(H,16,17). The minimum atomic E-state index is -4.04. The molecule has 0 radical (unpaired) electrons. The van der Waals surface area contributed by atoms with Crippen molar-refractivity contribution in [2.75, 3.05) is 5.32 Å². The lowest BCUT2D eigenvalue weighted by atomic mass is 10.2. The van der Waals surface area contributed by atoms with E-state index in [4.69, 9.17) is 0 Å². The number of halogens is 3. The average molecular weight is 261 g/mol. The van der Waals surface area contributed by atoms with Crippen molar-refractivity contribution in [1.82, 2.24) is 9.55 Å². The first kappa shape index (κ1) is 13.2. The Labute approximate surface area is 104 Å². The Balaban J connectivity index is 1.80. The number of nitrogens with one attached hydrogen (secondary N) is 1. The molecule has 0 atom stereocenters. The zero-order valence-electron chi connectivity index (χ0n) is 10.4. The van der Waals surface area contributed by atoms with Crippen LogP contribution in [0, 0.1) is 6.92 Å². The third-order valence-corrected chi connectivity index (χ3v) is 2.92. The molecule has 0 saturated heterocycles. The highest BCUT2D eigenvalue weighted by molar-refractivity contribution is 5.32. The number of imidazole rings is 1. The van der Waals surface area contributed by atoms with Crippen LogP contribution in [0.2, 0.25) is 0 Å². The maximum Gasteiger partial charge on any atom is 0.389 e. The fourth-order valence-electron chi connectivity index (χ4n) is 1.85. The fourth-order valence-corrected chi connectivity index (χ4v) is 1.85. The number of alkyl halides is 3. The molecule has 0 aromatic carbocycles. The van der Waals surface area contributed by atoms with Crippen molar-refractivity contribution in [1.29, 1.82) is 0 Å². The summed E-state index contributed by atoms with van der Waals surface area (Å²) in [7, 11) is 0. The van der Waals surface area contributed by atoms with Crippen LogP contribution in [0.15, 0.2) is 6.20 Å². The summed E-state index contributed by atoms with van der Waals surface area (Å²) in [5.74, 6) is 0.794. The molecule has 1 heterocycles. The molecule has 1 N–H and O–H groups in total. The van der Waals surface area contributed by atoms with E-state index in [0.717, 1.165) is 24.5 Å². The van der Waals surface area contributed by atoms with E-state index in [9.17, 15) is 13.2 Å². The van der Waals surface area contributed by atoms with E-state index >= 15 is 0 Å². The van der Waals surface area contributed by atoms with Crippen LogP contribution in [0.3, 0.4) is 0 Å². The molecule has 3 nitrogen and oxygen atoms in total. The highest BCUT2D eigenvalue weighted by Gasteiger charge is 2.26. The molecule has 0 spiro atoms. The van der Waals surface area contributed by atoms with Gasteiger partial charge in [0.25, 0.3) is 0 Å². The normalized spacial score (nSPS) is 16.0. The van der Waals surface area contributed by atoms with Gasteiger partial charge in [0.2, 0.25) is 5.95 Å². The largest absolute Gasteiger partial charge is 0.389 e. The predicted molar refractivity (Wildman–Crippen MR) is 63.5 cm³/mol. The SMILES string of the molecule is Cc1cn(CCCCC(F)(F)F)c(NC2CC2)n1. The number of anilines is 1. The second kappa shape index (κ2) is 5.20. The van der Waals surface area contributed by atoms with Crippen LogP contribution in [0.25, 0.3) is 0 Å². The molecule has 0 unspecified atom stereocenters. The van der Waals surface area contributed by atoms with Crippen LogP contribution in [0.5, 0.6) is 0 Å². The van der Waals surface area contributed by atoms with E-state index in [1.54, 1.807) is 0 Å². The lowest BCUT2D eigenvalue weighted by Crippen LogP contribution is -2.10. The summed E-state index contributed by atoms with van der Waals surface area (Å²) >= 11 is 0. The summed E-state index contributed by atoms with van der Waals surface area (Å²) in [5, 5.41) is 3.29. The number of nitrogens with zero attached hydrogens (tertiary/aromatic N) is 2. The van der Waals surface area contributed by atoms with Gasteiger partial charge in [0.1, 0.15) is 0 Å². The molecule has 2 rings (SSSR count). The Morgan fingerprint density at radius 1 is 1.39 bits per heavy atom. The van der Waals surface area contributed by atoms with Gasteiger partial charge in [-0.3, -0.25) is 0 Å². The molecule has 102 valence electrons. The van der Waals surface area contributed by atoms with Crippen molar-refractivity contribution in [3.8, 4) is 0 Å². The predicted octanol–water partition coefficient (Wildman–Crippen LogP) is 3.50. The molecule has 1 aromatic rings. The minimum absolute atomic E-state index is 0.170. The van der Waals surface area contributed by atoms with Crippen molar-refractivity contribution >= 4 is 5.95 Å². The van der Waals surface area contributed by atoms with Crippen LogP contribution in [-0.2, 0) is 6.54 Å². The maximum atomic E-state index is 12.0. The maximum absolute atomic E-state index is 12.0. The van der Waals surface area contributed by atoms with Gasteiger partial charge in [-0.05, 0) is 32.6 Å². The third kappa shape index (κ3) is 4.23. The first-order chi connectivity index (χ1) is 8.44. The number of unbranched alkanes of at least 4 members (excludes halogenated alkanes) is 1. The molecule has 18 heavy (non-hydrogen) atoms. The second-order valence-electron chi connectivity index (χ2n) is 4.89. The van der Waals surface area contributed by atoms with Gasteiger partial charge in [0.15, 0.2) is 0 Å². The summed E-state index contributed by atoms with van der Waals surface area (Å²) in [4.78, 5) is 4.35. The van der Waals surface area contributed by atoms with Crippen molar-refractivity contribution in [2.45, 2.75) is 57.8 Å². The van der Waals surface area contributed by atoms with Gasteiger partial charge in [0.05, 0.1) is 5.69 Å². The van der Waals surface area contributed by atoms with Crippen LogP contribution >= 0.6 is 0 Å². The molecule has 1 aliphatic rings. The zero-order chi connectivity index (χ0) is 13.2. The summed E-state index contributed by atoms with van der Waals surface area (Å²) in [6.07, 6.45) is 0.141. The molecule has 1 aromatic heterocycles. The van der Waals surface area contributed by atoms with Crippen molar-refractivity contribution in [3.63, 3.8) is 0 Å². The molecular weight excluding hydrogens is 243 g/mol. The van der Waals surface area contributed by atoms with Gasteiger partial charge in [-0.2, -0.15) is 13.2 Å². The van der Waals surface area contributed by atoms with Gasteiger partial charge in [0, 0.05) is 25.2 Å². The van der Waals surface area contributed by atoms with Gasteiger partial charge < -0.3 is 9.88 Å². The summed E-state index contributed by atoms with van der Waals surface area (Å²) in [6, 6.07) is 0.501. The topological polar surface area (TPSA) is 29.9 Å². The third-order valence-electron chi connectivity index (χ3n) is 2.92. The molecule has 0 aliphatic heterocycles. The van der Waals surface area contributed by atoms with E-state index in [1.807, 2.05) is 17.7 Å². The molecule has 6 heteroatoms. The van der Waals surface area contributed by atoms with Gasteiger partial charge in [-0.15, -0.1) is 0 Å². The number of aromatic nitrogens is 2. The molecular formula is C12H18F3N3. The Kier molecular flexibility index (Phi) is 3.82. The van der Waals surface area contributed by atoms with E-state index in [0.29, 0.717) is 19.0 Å². The zero-order valence-corrected chi connectivity index (χ0v) is 10.4. The monoisotopic (exact) mass is 261 g/mol. The van der Waals surface area contributed by atoms with Crippen LogP contribution < -0.4 is 5.32 Å². The molecule has 1 fully saturated rings. The highest BCUT2D eigenvalue weighted by Crippen LogP contribution is 2.25. The number of rotatable bonds is 6. The van der Waals surface area contributed by atoms with Crippen molar-refractivity contribution in [3.05, 3.63) is 11.9 Å². The van der Waals surface area contributed by atoms with Gasteiger partial charge in [-0.25, -0.2) is 4.98 Å². The van der Waals surface area contributed by atoms with Crippen molar-refractivity contribution in [2.24, 2.45) is 0 Å². The lowest BCUT2D eigenvalue weighted by molar-refractivity contribution is -0.135. The first-order valence-corrected chi connectivity index (χ1v) is 6.31. The van der Waals surface area contributed by atoms with E-state index in [2.05, 4.69) is 10.3 Å². The lowest BCUT2D eigenvalue weighted by Gasteiger charge is -2.09. The number of hydrogen-bond donors (Lipinski definition) is 1. The Morgan fingerprint density at radius 3 is 2.72 bits per heavy atom. The van der Waals surface area contributed by atoms with Crippen LogP contribution in [-0.4, -0.2) is 21.8 Å². The Morgan fingerprint density at radius 2 is 2.11 bits per heavy atom. The first-order valence-electron chi connectivity index (χ1n) is 6.31.